The lowest BCUT2D eigenvalue weighted by molar-refractivity contribution is -0.121. The van der Waals surface area contributed by atoms with Gasteiger partial charge in [-0.25, -0.2) is 9.78 Å². The number of hydrogen-bond acceptors (Lipinski definition) is 5. The van der Waals surface area contributed by atoms with E-state index in [-0.39, 0.29) is 23.2 Å². The highest BCUT2D eigenvalue weighted by molar-refractivity contribution is 6.32. The molecular weight excluding hydrogens is 320 g/mol. The van der Waals surface area contributed by atoms with Crippen molar-refractivity contribution in [2.24, 2.45) is 0 Å². The lowest BCUT2D eigenvalue weighted by atomic mass is 10.2. The van der Waals surface area contributed by atoms with Crippen molar-refractivity contribution in [2.45, 2.75) is 19.9 Å². The summed E-state index contributed by atoms with van der Waals surface area (Å²) in [5.74, 6) is -0.149. The molecule has 0 saturated carbocycles. The van der Waals surface area contributed by atoms with Crippen LogP contribution in [0.25, 0.3) is 0 Å². The zero-order chi connectivity index (χ0) is 16.8. The first-order chi connectivity index (χ1) is 11.0. The Morgan fingerprint density at radius 1 is 1.39 bits per heavy atom. The van der Waals surface area contributed by atoms with Gasteiger partial charge in [0.25, 0.3) is 0 Å². The van der Waals surface area contributed by atoms with Crippen LogP contribution in [-0.4, -0.2) is 65.6 Å². The number of anilines is 1. The third-order valence-corrected chi connectivity index (χ3v) is 4.09. The molecule has 0 aliphatic carbocycles. The highest BCUT2D eigenvalue weighted by Crippen LogP contribution is 2.18. The number of carbonyl (C=O) groups excluding carboxylic acids is 2. The molecule has 126 valence electrons. The van der Waals surface area contributed by atoms with Crippen LogP contribution in [0.3, 0.4) is 0 Å². The van der Waals surface area contributed by atoms with E-state index in [0.29, 0.717) is 38.5 Å². The van der Waals surface area contributed by atoms with Crippen molar-refractivity contribution in [1.82, 2.24) is 14.8 Å². The molecule has 0 unspecified atom stereocenters. The molecule has 2 rings (SSSR count). The minimum Gasteiger partial charge on any atom is -0.450 e. The molecule has 1 fully saturated rings. The number of nitrogens with zero attached hydrogens (tertiary/aromatic N) is 3. The Morgan fingerprint density at radius 2 is 2.09 bits per heavy atom. The number of carbonyl (C=O) groups is 2. The van der Waals surface area contributed by atoms with Crippen molar-refractivity contribution in [2.75, 3.05) is 38.1 Å². The third-order valence-electron chi connectivity index (χ3n) is 3.78. The first-order valence-corrected chi connectivity index (χ1v) is 7.97. The van der Waals surface area contributed by atoms with Gasteiger partial charge in [0.1, 0.15) is 0 Å². The molecule has 1 saturated heterocycles. The van der Waals surface area contributed by atoms with Gasteiger partial charge >= 0.3 is 6.09 Å². The number of aromatic nitrogens is 1. The standard InChI is InChI=1S/C15H21ClN4O3/c1-3-23-15(22)20-9-7-19(8-10-20)11(2)14(21)18-12-5-4-6-17-13(12)16/h4-6,11H,3,7-10H2,1-2H3,(H,18,21)/t11-/m1/s1. The van der Waals surface area contributed by atoms with E-state index in [1.807, 2.05) is 11.8 Å². The van der Waals surface area contributed by atoms with E-state index in [1.54, 1.807) is 30.2 Å². The Morgan fingerprint density at radius 3 is 2.70 bits per heavy atom. The molecule has 1 atom stereocenters. The normalized spacial score (nSPS) is 16.7. The maximum atomic E-state index is 12.3. The van der Waals surface area contributed by atoms with Gasteiger partial charge in [0.05, 0.1) is 18.3 Å². The van der Waals surface area contributed by atoms with E-state index in [4.69, 9.17) is 16.3 Å². The summed E-state index contributed by atoms with van der Waals surface area (Å²) in [5.41, 5.74) is 0.496. The van der Waals surface area contributed by atoms with Crippen molar-refractivity contribution >= 4 is 29.3 Å². The third kappa shape index (κ3) is 4.56. The number of hydrogen-bond donors (Lipinski definition) is 1. The summed E-state index contributed by atoms with van der Waals surface area (Å²) in [6.45, 7) is 6.31. The van der Waals surface area contributed by atoms with Crippen LogP contribution in [0.15, 0.2) is 18.3 Å². The van der Waals surface area contributed by atoms with E-state index in [0.717, 1.165) is 0 Å². The van der Waals surface area contributed by atoms with E-state index < -0.39 is 0 Å². The Bertz CT molecular complexity index is 561. The first kappa shape index (κ1) is 17.5. The zero-order valence-electron chi connectivity index (χ0n) is 13.3. The van der Waals surface area contributed by atoms with Gasteiger partial charge in [-0.15, -0.1) is 0 Å². The monoisotopic (exact) mass is 340 g/mol. The van der Waals surface area contributed by atoms with Crippen LogP contribution in [0.1, 0.15) is 13.8 Å². The molecule has 2 heterocycles. The Balaban J connectivity index is 1.87. The molecule has 1 aliphatic rings. The lowest BCUT2D eigenvalue weighted by Gasteiger charge is -2.36. The number of pyridine rings is 1. The molecule has 0 aromatic carbocycles. The molecule has 0 spiro atoms. The van der Waals surface area contributed by atoms with E-state index in [1.165, 1.54) is 0 Å². The van der Waals surface area contributed by atoms with Crippen molar-refractivity contribution < 1.29 is 14.3 Å². The second-order valence-corrected chi connectivity index (χ2v) is 5.59. The highest BCUT2D eigenvalue weighted by atomic mass is 35.5. The van der Waals surface area contributed by atoms with Gasteiger partial charge in [-0.3, -0.25) is 9.69 Å². The van der Waals surface area contributed by atoms with Crippen LogP contribution >= 0.6 is 11.6 Å². The fraction of sp³-hybridized carbons (Fsp3) is 0.533. The van der Waals surface area contributed by atoms with Gasteiger partial charge in [0.2, 0.25) is 5.91 Å². The average molecular weight is 341 g/mol. The molecular formula is C15H21ClN4O3. The predicted octanol–water partition coefficient (Wildman–Crippen LogP) is 1.84. The molecule has 1 N–H and O–H groups in total. The number of halogens is 1. The van der Waals surface area contributed by atoms with Crippen LogP contribution < -0.4 is 5.32 Å². The number of rotatable bonds is 4. The number of piperazine rings is 1. The van der Waals surface area contributed by atoms with Gasteiger partial charge in [-0.2, -0.15) is 0 Å². The zero-order valence-corrected chi connectivity index (χ0v) is 14.0. The molecule has 1 aromatic rings. The smallest absolute Gasteiger partial charge is 0.409 e. The van der Waals surface area contributed by atoms with Crippen molar-refractivity contribution in [1.29, 1.82) is 0 Å². The number of amides is 2. The number of ether oxygens (including phenoxy) is 1. The SMILES string of the molecule is CCOC(=O)N1CCN([C@H](C)C(=O)Nc2cccnc2Cl)CC1. The van der Waals surface area contributed by atoms with E-state index >= 15 is 0 Å². The Kier molecular flexibility index (Phi) is 6.18. The topological polar surface area (TPSA) is 74.8 Å². The minimum absolute atomic E-state index is 0.149. The van der Waals surface area contributed by atoms with Crippen LogP contribution in [0.4, 0.5) is 10.5 Å². The summed E-state index contributed by atoms with van der Waals surface area (Å²) < 4.78 is 4.98. The van der Waals surface area contributed by atoms with Gasteiger partial charge in [-0.05, 0) is 26.0 Å². The van der Waals surface area contributed by atoms with Crippen molar-refractivity contribution in [3.63, 3.8) is 0 Å². The molecule has 8 heteroatoms. The first-order valence-electron chi connectivity index (χ1n) is 7.60. The molecule has 1 aromatic heterocycles. The summed E-state index contributed by atoms with van der Waals surface area (Å²) in [5, 5.41) is 3.05. The molecule has 2 amide bonds. The molecule has 1 aliphatic heterocycles. The second kappa shape index (κ2) is 8.12. The van der Waals surface area contributed by atoms with Crippen LogP contribution in [0.5, 0.6) is 0 Å². The van der Waals surface area contributed by atoms with Crippen LogP contribution in [0, 0.1) is 0 Å². The van der Waals surface area contributed by atoms with Gasteiger partial charge in [0.15, 0.2) is 5.15 Å². The lowest BCUT2D eigenvalue weighted by Crippen LogP contribution is -2.54. The molecule has 7 nitrogen and oxygen atoms in total. The van der Waals surface area contributed by atoms with Crippen LogP contribution in [0.2, 0.25) is 5.15 Å². The summed E-state index contributed by atoms with van der Waals surface area (Å²) in [7, 11) is 0. The predicted molar refractivity (Wildman–Crippen MR) is 87.5 cm³/mol. The summed E-state index contributed by atoms with van der Waals surface area (Å²) >= 11 is 5.94. The van der Waals surface area contributed by atoms with E-state index in [9.17, 15) is 9.59 Å². The minimum atomic E-state index is -0.324. The average Bonchev–Trinajstić information content (AvgIpc) is 2.56. The van der Waals surface area contributed by atoms with Crippen LogP contribution in [-0.2, 0) is 9.53 Å². The summed E-state index contributed by atoms with van der Waals surface area (Å²) in [6, 6.07) is 3.10. The van der Waals surface area contributed by atoms with Crippen molar-refractivity contribution in [3.05, 3.63) is 23.5 Å². The molecule has 0 bridgehead atoms. The maximum absolute atomic E-state index is 12.3. The Labute approximate surface area is 140 Å². The molecule has 0 radical (unpaired) electrons. The number of nitrogens with one attached hydrogen (secondary N) is 1. The maximum Gasteiger partial charge on any atom is 0.409 e. The van der Waals surface area contributed by atoms with Gasteiger partial charge in [0, 0.05) is 32.4 Å². The fourth-order valence-electron chi connectivity index (χ4n) is 2.39. The second-order valence-electron chi connectivity index (χ2n) is 5.23. The van der Waals surface area contributed by atoms with Crippen molar-refractivity contribution in [3.8, 4) is 0 Å². The summed E-state index contributed by atoms with van der Waals surface area (Å²) in [4.78, 5) is 31.6. The Hall–Kier alpha value is -1.86. The quantitative estimate of drug-likeness (QED) is 0.846. The van der Waals surface area contributed by atoms with E-state index in [2.05, 4.69) is 10.3 Å². The highest BCUT2D eigenvalue weighted by Gasteiger charge is 2.28. The largest absolute Gasteiger partial charge is 0.450 e. The van der Waals surface area contributed by atoms with Gasteiger partial charge in [-0.1, -0.05) is 11.6 Å². The van der Waals surface area contributed by atoms with Gasteiger partial charge < -0.3 is 15.0 Å². The fourth-order valence-corrected chi connectivity index (χ4v) is 2.56. The summed E-state index contributed by atoms with van der Waals surface area (Å²) in [6.07, 6.45) is 1.27. The molecule has 23 heavy (non-hydrogen) atoms.